The van der Waals surface area contributed by atoms with Crippen LogP contribution in [-0.4, -0.2) is 51.5 Å². The van der Waals surface area contributed by atoms with E-state index in [0.717, 1.165) is 40.6 Å². The molecular weight excluding hydrogens is 460 g/mol. The Labute approximate surface area is 218 Å². The molecule has 0 bridgehead atoms. The summed E-state index contributed by atoms with van der Waals surface area (Å²) < 4.78 is 0. The Morgan fingerprint density at radius 1 is 1.00 bits per heavy atom. The highest BCUT2D eigenvalue weighted by atomic mass is 16.3. The van der Waals surface area contributed by atoms with Gasteiger partial charge in [-0.15, -0.1) is 0 Å². The number of hydrogen-bond donors (Lipinski definition) is 2. The summed E-state index contributed by atoms with van der Waals surface area (Å²) in [5.41, 5.74) is 10.4. The second kappa shape index (κ2) is 12.3. The molecule has 0 amide bonds. The molecule has 0 saturated heterocycles. The summed E-state index contributed by atoms with van der Waals surface area (Å²) in [7, 11) is 0. The molecule has 0 aliphatic rings. The number of hydrogen-bond acceptors (Lipinski definition) is 6. The van der Waals surface area contributed by atoms with Gasteiger partial charge in [-0.25, -0.2) is 4.98 Å². The number of ketones is 1. The molecule has 0 fully saturated rings. The first-order valence-corrected chi connectivity index (χ1v) is 12.6. The normalized spacial score (nSPS) is 11.8. The van der Waals surface area contributed by atoms with Crippen molar-refractivity contribution in [1.29, 1.82) is 0 Å². The van der Waals surface area contributed by atoms with E-state index in [2.05, 4.69) is 46.6 Å². The van der Waals surface area contributed by atoms with Crippen LogP contribution in [0.5, 0.6) is 0 Å². The lowest BCUT2D eigenvalue weighted by atomic mass is 10.00. The highest BCUT2D eigenvalue weighted by molar-refractivity contribution is 5.96. The maximum atomic E-state index is 12.6. The maximum absolute atomic E-state index is 12.6. The van der Waals surface area contributed by atoms with Gasteiger partial charge in [0, 0.05) is 53.5 Å². The summed E-state index contributed by atoms with van der Waals surface area (Å²) in [6, 6.07) is 17.3. The summed E-state index contributed by atoms with van der Waals surface area (Å²) in [5.74, 6) is 6.76. The van der Waals surface area contributed by atoms with Gasteiger partial charge in [-0.05, 0) is 61.0 Å². The van der Waals surface area contributed by atoms with Crippen LogP contribution in [0.1, 0.15) is 48.2 Å². The summed E-state index contributed by atoms with van der Waals surface area (Å²) in [6.07, 6.45) is 5.55. The predicted molar refractivity (Wildman–Crippen MR) is 149 cm³/mol. The van der Waals surface area contributed by atoms with Gasteiger partial charge in [0.15, 0.2) is 5.78 Å². The fraction of sp³-hybridized carbons (Fsp3) is 0.258. The van der Waals surface area contributed by atoms with Crippen molar-refractivity contribution in [3.8, 4) is 23.0 Å². The van der Waals surface area contributed by atoms with Crippen molar-refractivity contribution in [1.82, 2.24) is 14.9 Å². The summed E-state index contributed by atoms with van der Waals surface area (Å²) in [5, 5.41) is 12.1. The molecule has 0 aliphatic carbocycles. The fourth-order valence-electron chi connectivity index (χ4n) is 4.27. The Balaban J connectivity index is 1.49. The molecule has 2 aromatic carbocycles. The largest absolute Gasteiger partial charge is 0.392 e. The number of likely N-dealkylation sites (N-methyl/N-ethyl adjacent to an activating group) is 1. The number of nitrogen functional groups attached to an aromatic ring is 1. The molecule has 0 spiro atoms. The molecule has 0 aliphatic heterocycles. The quantitative estimate of drug-likeness (QED) is 0.254. The van der Waals surface area contributed by atoms with Gasteiger partial charge in [-0.1, -0.05) is 50.0 Å². The van der Waals surface area contributed by atoms with Gasteiger partial charge in [0.05, 0.1) is 11.7 Å². The van der Waals surface area contributed by atoms with E-state index in [9.17, 15) is 9.90 Å². The second-order valence-corrected chi connectivity index (χ2v) is 8.99. The first-order chi connectivity index (χ1) is 18.0. The minimum absolute atomic E-state index is 0.0178. The van der Waals surface area contributed by atoms with Crippen LogP contribution < -0.4 is 5.73 Å². The molecule has 6 heteroatoms. The van der Waals surface area contributed by atoms with Crippen LogP contribution in [0.3, 0.4) is 0 Å². The smallest absolute Gasteiger partial charge is 0.162 e. The van der Waals surface area contributed by atoms with E-state index in [-0.39, 0.29) is 5.78 Å². The van der Waals surface area contributed by atoms with E-state index in [1.54, 1.807) is 30.7 Å². The number of aromatic nitrogens is 2. The molecule has 4 rings (SSSR count). The molecule has 37 heavy (non-hydrogen) atoms. The number of Topliss-reactive ketones (excluding diaryl/α,β-unsaturated/α-hetero) is 1. The second-order valence-electron chi connectivity index (χ2n) is 8.99. The minimum Gasteiger partial charge on any atom is -0.392 e. The van der Waals surface area contributed by atoms with E-state index < -0.39 is 6.10 Å². The number of carbonyl (C=O) groups excluding carboxylic acids is 1. The van der Waals surface area contributed by atoms with Gasteiger partial charge >= 0.3 is 0 Å². The van der Waals surface area contributed by atoms with Crippen molar-refractivity contribution in [3.05, 3.63) is 89.9 Å². The number of carbonyl (C=O) groups is 1. The lowest BCUT2D eigenvalue weighted by Crippen LogP contribution is -2.32. The monoisotopic (exact) mass is 492 g/mol. The molecule has 3 N–H and O–H groups in total. The Morgan fingerprint density at radius 3 is 2.43 bits per heavy atom. The molecular formula is C31H32N4O2. The van der Waals surface area contributed by atoms with Crippen LogP contribution in [0.15, 0.2) is 73.2 Å². The zero-order chi connectivity index (χ0) is 26.2. The number of rotatable bonds is 9. The zero-order valence-corrected chi connectivity index (χ0v) is 21.3. The molecule has 2 heterocycles. The van der Waals surface area contributed by atoms with Gasteiger partial charge in [-0.3, -0.25) is 9.78 Å². The van der Waals surface area contributed by atoms with Gasteiger partial charge in [-0.2, -0.15) is 0 Å². The Hall–Kier alpha value is -4.05. The Bertz CT molecular complexity index is 1420. The van der Waals surface area contributed by atoms with Gasteiger partial charge < -0.3 is 15.7 Å². The van der Waals surface area contributed by atoms with E-state index in [1.165, 1.54) is 0 Å². The van der Waals surface area contributed by atoms with Gasteiger partial charge in [0.2, 0.25) is 0 Å². The number of anilines is 1. The fourth-order valence-corrected chi connectivity index (χ4v) is 4.27. The molecule has 6 nitrogen and oxygen atoms in total. The summed E-state index contributed by atoms with van der Waals surface area (Å²) >= 11 is 0. The van der Waals surface area contributed by atoms with E-state index >= 15 is 0 Å². The third kappa shape index (κ3) is 6.59. The van der Waals surface area contributed by atoms with Crippen molar-refractivity contribution in [2.45, 2.75) is 32.8 Å². The lowest BCUT2D eigenvalue weighted by Gasteiger charge is -2.21. The molecule has 188 valence electrons. The molecule has 0 radical (unpaired) electrons. The van der Waals surface area contributed by atoms with Crippen LogP contribution in [0.4, 0.5) is 5.82 Å². The van der Waals surface area contributed by atoms with Crippen LogP contribution in [-0.2, 0) is 0 Å². The third-order valence-electron chi connectivity index (χ3n) is 6.54. The molecule has 0 saturated carbocycles. The molecule has 1 unspecified atom stereocenters. The lowest BCUT2D eigenvalue weighted by molar-refractivity contribution is 0.0877. The number of nitrogens with zero attached hydrogens (tertiary/aromatic N) is 3. The summed E-state index contributed by atoms with van der Waals surface area (Å²) in [4.78, 5) is 23.2. The number of aliphatic hydroxyl groups excluding tert-OH is 1. The van der Waals surface area contributed by atoms with Crippen LogP contribution >= 0.6 is 0 Å². The highest BCUT2D eigenvalue weighted by Crippen LogP contribution is 2.27. The van der Waals surface area contributed by atoms with E-state index in [4.69, 9.17) is 5.73 Å². The minimum atomic E-state index is -0.507. The highest BCUT2D eigenvalue weighted by Gasteiger charge is 2.13. The van der Waals surface area contributed by atoms with Gasteiger partial charge in [0.25, 0.3) is 0 Å². The molecule has 1 atom stereocenters. The van der Waals surface area contributed by atoms with E-state index in [0.29, 0.717) is 36.3 Å². The van der Waals surface area contributed by atoms with Crippen LogP contribution in [0.25, 0.3) is 21.9 Å². The molecule has 2 aromatic heterocycles. The standard InChI is InChI=1S/C31H32N4O2/c1-3-35(4-2)21-27(36)12-14-30(37)24-8-5-22(6-9-24)7-13-28-29-19-25(23-15-17-33-18-16-23)10-11-26(29)20-34-31(28)32/h5-6,8-11,15-20,27,36H,3-4,12,14,21H2,1-2H3,(H2,32,34). The SMILES string of the molecule is CCN(CC)CC(O)CCC(=O)c1ccc(C#Cc2c(N)ncc3ccc(-c4ccncc4)cc23)cc1. The average Bonchev–Trinajstić information content (AvgIpc) is 2.94. The third-order valence-corrected chi connectivity index (χ3v) is 6.54. The van der Waals surface area contributed by atoms with Crippen molar-refractivity contribution in [2.75, 3.05) is 25.4 Å². The van der Waals surface area contributed by atoms with Crippen LogP contribution in [0.2, 0.25) is 0 Å². The van der Waals surface area contributed by atoms with Crippen molar-refractivity contribution in [2.24, 2.45) is 0 Å². The number of nitrogens with two attached hydrogens (primary N) is 1. The zero-order valence-electron chi connectivity index (χ0n) is 21.3. The predicted octanol–water partition coefficient (Wildman–Crippen LogP) is 4.94. The van der Waals surface area contributed by atoms with Crippen molar-refractivity contribution >= 4 is 22.4 Å². The number of aliphatic hydroxyl groups is 1. The maximum Gasteiger partial charge on any atom is 0.162 e. The Kier molecular flexibility index (Phi) is 8.63. The topological polar surface area (TPSA) is 92.3 Å². The van der Waals surface area contributed by atoms with E-state index in [1.807, 2.05) is 36.4 Å². The first kappa shape index (κ1) is 26.0. The van der Waals surface area contributed by atoms with Gasteiger partial charge in [0.1, 0.15) is 5.82 Å². The van der Waals surface area contributed by atoms with Crippen molar-refractivity contribution in [3.63, 3.8) is 0 Å². The Morgan fingerprint density at radius 2 is 1.73 bits per heavy atom. The number of pyridine rings is 2. The number of fused-ring (bicyclic) bond motifs is 1. The van der Waals surface area contributed by atoms with Crippen LogP contribution in [0, 0.1) is 11.8 Å². The molecule has 4 aromatic rings. The first-order valence-electron chi connectivity index (χ1n) is 12.6. The number of benzene rings is 2. The summed E-state index contributed by atoms with van der Waals surface area (Å²) in [6.45, 7) is 6.49. The van der Waals surface area contributed by atoms with Crippen molar-refractivity contribution < 1.29 is 9.90 Å². The average molecular weight is 493 g/mol.